The number of benzene rings is 1. The Morgan fingerprint density at radius 1 is 1.44 bits per heavy atom. The first-order valence-corrected chi connectivity index (χ1v) is 5.66. The summed E-state index contributed by atoms with van der Waals surface area (Å²) in [6.07, 6.45) is 0.474. The molecule has 1 N–H and O–H groups in total. The first-order valence-electron chi connectivity index (χ1n) is 5.66. The van der Waals surface area contributed by atoms with Crippen LogP contribution in [0.1, 0.15) is 13.3 Å². The van der Waals surface area contributed by atoms with Crippen LogP contribution in [0.5, 0.6) is 5.75 Å². The Kier molecular flexibility index (Phi) is 3.41. The summed E-state index contributed by atoms with van der Waals surface area (Å²) < 4.78 is 5.13. The smallest absolute Gasteiger partial charge is 0.274 e. The highest BCUT2D eigenvalue weighted by atomic mass is 16.5. The second-order valence-electron chi connectivity index (χ2n) is 4.01. The zero-order valence-corrected chi connectivity index (χ0v) is 10.3. The van der Waals surface area contributed by atoms with E-state index in [-0.39, 0.29) is 11.8 Å². The van der Waals surface area contributed by atoms with E-state index in [1.54, 1.807) is 25.3 Å². The van der Waals surface area contributed by atoms with Crippen molar-refractivity contribution in [3.63, 3.8) is 0 Å². The topological polar surface area (TPSA) is 67.8 Å². The van der Waals surface area contributed by atoms with E-state index >= 15 is 0 Å². The Morgan fingerprint density at radius 2 is 2.22 bits per heavy atom. The molecule has 0 aromatic heterocycles. The molecule has 18 heavy (non-hydrogen) atoms. The number of carbonyl (C=O) groups is 2. The highest BCUT2D eigenvalue weighted by molar-refractivity contribution is 6.15. The van der Waals surface area contributed by atoms with Gasteiger partial charge in [0, 0.05) is 24.3 Å². The molecule has 2 rings (SSSR count). The van der Waals surface area contributed by atoms with E-state index in [0.717, 1.165) is 5.22 Å². The molecule has 0 saturated heterocycles. The van der Waals surface area contributed by atoms with Crippen LogP contribution in [0.2, 0.25) is 0 Å². The lowest BCUT2D eigenvalue weighted by Gasteiger charge is -2.02. The molecule has 5 heteroatoms. The largest absolute Gasteiger partial charge is 0.497 e. The quantitative estimate of drug-likeness (QED) is 0.781. The van der Waals surface area contributed by atoms with Gasteiger partial charge in [-0.2, -0.15) is 0 Å². The Balaban J connectivity index is 2.33. The molecule has 2 amide bonds. The lowest BCUT2D eigenvalue weighted by molar-refractivity contribution is -0.119. The van der Waals surface area contributed by atoms with E-state index in [1.165, 1.54) is 6.92 Å². The van der Waals surface area contributed by atoms with Gasteiger partial charge >= 0.3 is 0 Å². The zero-order chi connectivity index (χ0) is 13.1. The van der Waals surface area contributed by atoms with E-state index in [2.05, 4.69) is 10.3 Å². The third-order valence-corrected chi connectivity index (χ3v) is 2.76. The van der Waals surface area contributed by atoms with Gasteiger partial charge in [0.1, 0.15) is 5.75 Å². The minimum Gasteiger partial charge on any atom is -0.497 e. The standard InChI is InChI=1S/C13H14N2O3/c1-8(16)14-6-5-10-11-7-9(18-2)3-4-12(11)15-13(10)17/h3-4,7H,5-6H2,1-2H3,(H,14,16). The summed E-state index contributed by atoms with van der Waals surface area (Å²) in [5.74, 6) is 0.350. The third kappa shape index (κ3) is 2.40. The van der Waals surface area contributed by atoms with Crippen LogP contribution in [0.3, 0.4) is 0 Å². The molecule has 0 radical (unpaired) electrons. The molecule has 1 aliphatic rings. The number of methoxy groups -OCH3 is 1. The number of nitrogens with zero attached hydrogens (tertiary/aromatic N) is 1. The van der Waals surface area contributed by atoms with Crippen molar-refractivity contribution in [2.45, 2.75) is 13.3 Å². The van der Waals surface area contributed by atoms with Crippen LogP contribution in [0.4, 0.5) is 0 Å². The SMILES string of the molecule is COc1ccc2c(c1)=C(CCNC(C)=O)C(=O)N=2. The van der Waals surface area contributed by atoms with E-state index in [0.29, 0.717) is 29.6 Å². The number of nitrogens with one attached hydrogen (secondary N) is 1. The van der Waals surface area contributed by atoms with E-state index in [9.17, 15) is 9.59 Å². The maximum absolute atomic E-state index is 11.7. The van der Waals surface area contributed by atoms with Crippen molar-refractivity contribution in [3.05, 3.63) is 28.8 Å². The van der Waals surface area contributed by atoms with Gasteiger partial charge in [0.25, 0.3) is 5.91 Å². The number of hydrogen-bond acceptors (Lipinski definition) is 3. The first kappa shape index (κ1) is 12.3. The number of ether oxygens (including phenoxy) is 1. The van der Waals surface area contributed by atoms with Crippen LogP contribution < -0.4 is 20.6 Å². The Labute approximate surface area is 104 Å². The number of fused-ring (bicyclic) bond motifs is 1. The lowest BCUT2D eigenvalue weighted by Crippen LogP contribution is -2.26. The summed E-state index contributed by atoms with van der Waals surface area (Å²) in [6, 6.07) is 5.33. The number of amides is 2. The minimum absolute atomic E-state index is 0.108. The van der Waals surface area contributed by atoms with Crippen molar-refractivity contribution in [3.8, 4) is 5.75 Å². The van der Waals surface area contributed by atoms with Crippen molar-refractivity contribution in [2.24, 2.45) is 4.99 Å². The molecule has 0 bridgehead atoms. The summed E-state index contributed by atoms with van der Waals surface area (Å²) in [7, 11) is 1.58. The molecule has 0 saturated carbocycles. The fourth-order valence-electron chi connectivity index (χ4n) is 1.88. The molecule has 1 aromatic carbocycles. The fraction of sp³-hybridized carbons (Fsp3) is 0.308. The summed E-state index contributed by atoms with van der Waals surface area (Å²) in [4.78, 5) is 26.5. The Bertz CT molecular complexity index is 620. The highest BCUT2D eigenvalue weighted by Gasteiger charge is 2.16. The monoisotopic (exact) mass is 246 g/mol. The normalized spacial score (nSPS) is 13.0. The average molecular weight is 246 g/mol. The van der Waals surface area contributed by atoms with E-state index in [4.69, 9.17) is 4.74 Å². The molecule has 1 aliphatic heterocycles. The molecule has 0 fully saturated rings. The molecule has 1 aromatic rings. The van der Waals surface area contributed by atoms with Gasteiger partial charge in [-0.1, -0.05) is 0 Å². The molecular formula is C13H14N2O3. The van der Waals surface area contributed by atoms with Crippen LogP contribution in [0, 0.1) is 0 Å². The predicted octanol–water partition coefficient (Wildman–Crippen LogP) is -0.468. The van der Waals surface area contributed by atoms with Crippen LogP contribution in [0.25, 0.3) is 5.57 Å². The molecule has 0 unspecified atom stereocenters. The van der Waals surface area contributed by atoms with Crippen molar-refractivity contribution in [1.82, 2.24) is 5.32 Å². The van der Waals surface area contributed by atoms with Gasteiger partial charge in [0.05, 0.1) is 12.5 Å². The molecule has 94 valence electrons. The van der Waals surface area contributed by atoms with Crippen LogP contribution in [-0.2, 0) is 9.59 Å². The van der Waals surface area contributed by atoms with Crippen molar-refractivity contribution in [1.29, 1.82) is 0 Å². The van der Waals surface area contributed by atoms with Crippen LogP contribution in [0.15, 0.2) is 23.2 Å². The van der Waals surface area contributed by atoms with Crippen LogP contribution in [-0.4, -0.2) is 25.5 Å². The molecule has 0 aliphatic carbocycles. The minimum atomic E-state index is -0.233. The maximum atomic E-state index is 11.7. The van der Waals surface area contributed by atoms with Gasteiger partial charge in [0.2, 0.25) is 5.91 Å². The second kappa shape index (κ2) is 5.00. The Morgan fingerprint density at radius 3 is 2.89 bits per heavy atom. The van der Waals surface area contributed by atoms with Gasteiger partial charge < -0.3 is 10.1 Å². The molecular weight excluding hydrogens is 232 g/mol. The molecule has 0 spiro atoms. The predicted molar refractivity (Wildman–Crippen MR) is 65.5 cm³/mol. The summed E-state index contributed by atoms with van der Waals surface area (Å²) in [5, 5.41) is 4.13. The van der Waals surface area contributed by atoms with E-state index in [1.807, 2.05) is 0 Å². The number of rotatable bonds is 4. The summed E-state index contributed by atoms with van der Waals surface area (Å²) in [5.41, 5.74) is 0.623. The van der Waals surface area contributed by atoms with Gasteiger partial charge in [-0.3, -0.25) is 9.59 Å². The van der Waals surface area contributed by atoms with Gasteiger partial charge in [-0.05, 0) is 24.6 Å². The molecule has 1 heterocycles. The lowest BCUT2D eigenvalue weighted by atomic mass is 10.1. The van der Waals surface area contributed by atoms with Gasteiger partial charge in [0.15, 0.2) is 0 Å². The van der Waals surface area contributed by atoms with Crippen molar-refractivity contribution < 1.29 is 14.3 Å². The molecule has 5 nitrogen and oxygen atoms in total. The fourth-order valence-corrected chi connectivity index (χ4v) is 1.88. The summed E-state index contributed by atoms with van der Waals surface area (Å²) in [6.45, 7) is 1.88. The number of hydrogen-bond donors (Lipinski definition) is 1. The average Bonchev–Trinajstić information content (AvgIpc) is 2.64. The zero-order valence-electron chi connectivity index (χ0n) is 10.3. The van der Waals surface area contributed by atoms with Crippen LogP contribution >= 0.6 is 0 Å². The second-order valence-corrected chi connectivity index (χ2v) is 4.01. The summed E-state index contributed by atoms with van der Waals surface area (Å²) >= 11 is 0. The Hall–Kier alpha value is -2.17. The first-order chi connectivity index (χ1) is 8.61. The van der Waals surface area contributed by atoms with Gasteiger partial charge in [-0.25, -0.2) is 4.99 Å². The third-order valence-electron chi connectivity index (χ3n) is 2.76. The van der Waals surface area contributed by atoms with Crippen molar-refractivity contribution >= 4 is 17.4 Å². The molecule has 0 atom stereocenters. The van der Waals surface area contributed by atoms with Gasteiger partial charge in [-0.15, -0.1) is 0 Å². The highest BCUT2D eigenvalue weighted by Crippen LogP contribution is 2.09. The van der Waals surface area contributed by atoms with Crippen molar-refractivity contribution in [2.75, 3.05) is 13.7 Å². The number of carbonyl (C=O) groups excluding carboxylic acids is 2. The van der Waals surface area contributed by atoms with E-state index < -0.39 is 0 Å². The maximum Gasteiger partial charge on any atom is 0.274 e.